The van der Waals surface area contributed by atoms with Gasteiger partial charge in [-0.25, -0.2) is 4.79 Å². The monoisotopic (exact) mass is 451 g/mol. The summed E-state index contributed by atoms with van der Waals surface area (Å²) in [5, 5.41) is 0. The molecule has 3 nitrogen and oxygen atoms in total. The van der Waals surface area contributed by atoms with E-state index in [1.807, 2.05) is 60.7 Å². The third kappa shape index (κ3) is 2.22. The lowest BCUT2D eigenvalue weighted by molar-refractivity contribution is 0.0277. The second-order valence-electron chi connectivity index (χ2n) is 6.26. The zero-order valence-corrected chi connectivity index (χ0v) is 15.9. The number of rotatable bonds is 1. The summed E-state index contributed by atoms with van der Waals surface area (Å²) in [6.45, 7) is 0. The molecular weight excluding hydrogens is 437 g/mol. The van der Waals surface area contributed by atoms with Gasteiger partial charge in [-0.2, -0.15) is 0 Å². The summed E-state index contributed by atoms with van der Waals surface area (Å²) in [4.78, 5) is 14.8. The molecule has 3 aromatic carbocycles. The first-order chi connectivity index (χ1) is 12.8. The average Bonchev–Trinajstić information content (AvgIpc) is 2.70. The van der Waals surface area contributed by atoms with Crippen molar-refractivity contribution in [3.05, 3.63) is 101 Å². The first-order valence-electron chi connectivity index (χ1n) is 8.39. The molecule has 2 aliphatic rings. The van der Waals surface area contributed by atoms with Crippen molar-refractivity contribution in [3.8, 4) is 0 Å². The van der Waals surface area contributed by atoms with Gasteiger partial charge in [-0.05, 0) is 45.9 Å². The van der Waals surface area contributed by atoms with Crippen molar-refractivity contribution in [2.75, 3.05) is 4.90 Å². The zero-order valence-electron chi connectivity index (χ0n) is 13.7. The van der Waals surface area contributed by atoms with Crippen LogP contribution in [0.15, 0.2) is 78.9 Å². The Kier molecular flexibility index (Phi) is 3.60. The van der Waals surface area contributed by atoms with Crippen molar-refractivity contribution < 1.29 is 9.53 Å². The maximum Gasteiger partial charge on any atom is 0.342 e. The Morgan fingerprint density at radius 1 is 0.808 bits per heavy atom. The Hall–Kier alpha value is -2.60. The summed E-state index contributed by atoms with van der Waals surface area (Å²) in [5.74, 6) is -0.277. The highest BCUT2D eigenvalue weighted by atomic mass is 127. The van der Waals surface area contributed by atoms with Crippen LogP contribution in [0, 0.1) is 0 Å². The minimum atomic E-state index is -0.456. The summed E-state index contributed by atoms with van der Waals surface area (Å²) in [6, 6.07) is 26.0. The van der Waals surface area contributed by atoms with Crippen molar-refractivity contribution >= 4 is 43.5 Å². The largest absolute Gasteiger partial charge is 0.433 e. The van der Waals surface area contributed by atoms with E-state index in [0.29, 0.717) is 5.56 Å². The van der Waals surface area contributed by atoms with Crippen molar-refractivity contribution in [3.63, 3.8) is 0 Å². The number of esters is 1. The molecule has 0 radical (unpaired) electrons. The Bertz CT molecular complexity index is 1060. The van der Waals surface area contributed by atoms with E-state index in [1.54, 1.807) is 0 Å². The Morgan fingerprint density at radius 2 is 1.46 bits per heavy atom. The molecule has 0 spiro atoms. The van der Waals surface area contributed by atoms with Crippen molar-refractivity contribution in [2.24, 2.45) is 0 Å². The zero-order chi connectivity index (χ0) is 17.7. The molecule has 126 valence electrons. The molecule has 26 heavy (non-hydrogen) atoms. The van der Waals surface area contributed by atoms with E-state index in [4.69, 9.17) is 4.74 Å². The number of benzene rings is 3. The summed E-state index contributed by atoms with van der Waals surface area (Å²) < 4.78 is 7.04. The van der Waals surface area contributed by atoms with Gasteiger partial charge in [0.2, 0.25) is 6.23 Å². The normalized spacial score (nSPS) is 18.0. The van der Waals surface area contributed by atoms with Crippen LogP contribution in [0.1, 0.15) is 33.3 Å². The number of halogens is 1. The fourth-order valence-corrected chi connectivity index (χ4v) is 4.71. The molecule has 0 saturated heterocycles. The number of nitrogens with zero attached hydrogens (tertiary/aromatic N) is 1. The van der Waals surface area contributed by atoms with Gasteiger partial charge in [0.1, 0.15) is 0 Å². The Balaban J connectivity index is 1.85. The van der Waals surface area contributed by atoms with Gasteiger partial charge >= 0.3 is 5.97 Å². The highest BCUT2D eigenvalue weighted by Gasteiger charge is 2.41. The molecule has 0 aromatic heterocycles. The van der Waals surface area contributed by atoms with Crippen LogP contribution in [0.4, 0.5) is 5.69 Å². The number of hydrogen-bond donors (Lipinski definition) is 0. The first kappa shape index (κ1) is 15.6. The van der Waals surface area contributed by atoms with Crippen LogP contribution >= 0.6 is 22.6 Å². The third-order valence-electron chi connectivity index (χ3n) is 4.80. The standard InChI is InChI=1S/C22H14INO2/c23-19-15-10-4-5-11-16(15)21-24(20(19)14-8-2-1-3-9-14)18-13-7-6-12-17(18)22(25)26-21/h1-13,21H. The number of carbonyl (C=O) groups is 1. The molecule has 1 atom stereocenters. The van der Waals surface area contributed by atoms with Crippen LogP contribution in [0.5, 0.6) is 0 Å². The van der Waals surface area contributed by atoms with Crippen LogP contribution in [-0.4, -0.2) is 5.97 Å². The van der Waals surface area contributed by atoms with E-state index in [-0.39, 0.29) is 5.97 Å². The molecule has 1 unspecified atom stereocenters. The maximum atomic E-state index is 12.6. The van der Waals surface area contributed by atoms with Crippen LogP contribution in [0.3, 0.4) is 0 Å². The van der Waals surface area contributed by atoms with Gasteiger partial charge in [-0.1, -0.05) is 66.7 Å². The molecule has 4 heteroatoms. The number of anilines is 1. The van der Waals surface area contributed by atoms with Gasteiger partial charge in [0.05, 0.1) is 16.9 Å². The lowest BCUT2D eigenvalue weighted by atomic mass is 9.94. The summed E-state index contributed by atoms with van der Waals surface area (Å²) in [5.41, 5.74) is 5.77. The molecule has 5 rings (SSSR count). The topological polar surface area (TPSA) is 29.5 Å². The lowest BCUT2D eigenvalue weighted by Crippen LogP contribution is -2.39. The molecule has 0 N–H and O–H groups in total. The number of hydrogen-bond acceptors (Lipinski definition) is 3. The third-order valence-corrected chi connectivity index (χ3v) is 5.89. The number of para-hydroxylation sites is 1. The quantitative estimate of drug-likeness (QED) is 0.355. The fraction of sp³-hybridized carbons (Fsp3) is 0.0455. The van der Waals surface area contributed by atoms with E-state index in [9.17, 15) is 4.79 Å². The van der Waals surface area contributed by atoms with E-state index in [0.717, 1.165) is 31.7 Å². The minimum Gasteiger partial charge on any atom is -0.433 e. The van der Waals surface area contributed by atoms with E-state index in [2.05, 4.69) is 45.7 Å². The van der Waals surface area contributed by atoms with Gasteiger partial charge < -0.3 is 4.74 Å². The molecule has 0 bridgehead atoms. The van der Waals surface area contributed by atoms with Crippen LogP contribution in [-0.2, 0) is 4.74 Å². The number of carbonyl (C=O) groups excluding carboxylic acids is 1. The highest BCUT2D eigenvalue weighted by molar-refractivity contribution is 14.1. The van der Waals surface area contributed by atoms with Gasteiger partial charge in [0.15, 0.2) is 0 Å². The summed E-state index contributed by atoms with van der Waals surface area (Å²) in [6.07, 6.45) is -0.456. The maximum absolute atomic E-state index is 12.6. The van der Waals surface area contributed by atoms with Gasteiger partial charge in [-0.15, -0.1) is 0 Å². The number of ether oxygens (including phenoxy) is 1. The molecule has 3 aromatic rings. The second kappa shape index (κ2) is 5.99. The molecule has 0 aliphatic carbocycles. The van der Waals surface area contributed by atoms with Crippen molar-refractivity contribution in [1.29, 1.82) is 0 Å². The van der Waals surface area contributed by atoms with E-state index in [1.165, 1.54) is 0 Å². The predicted octanol–water partition coefficient (Wildman–Crippen LogP) is 5.64. The molecule has 0 amide bonds. The Morgan fingerprint density at radius 3 is 2.27 bits per heavy atom. The SMILES string of the molecule is O=C1OC2c3ccccc3C(I)=C(c3ccccc3)N2c2ccccc21. The van der Waals surface area contributed by atoms with Crippen molar-refractivity contribution in [2.45, 2.75) is 6.23 Å². The number of fused-ring (bicyclic) bond motifs is 5. The minimum absolute atomic E-state index is 0.277. The molecule has 0 saturated carbocycles. The molecule has 0 fully saturated rings. The van der Waals surface area contributed by atoms with Crippen LogP contribution in [0.2, 0.25) is 0 Å². The predicted molar refractivity (Wildman–Crippen MR) is 111 cm³/mol. The van der Waals surface area contributed by atoms with Gasteiger partial charge in [-0.3, -0.25) is 4.90 Å². The molecule has 2 aliphatic heterocycles. The highest BCUT2D eigenvalue weighted by Crippen LogP contribution is 2.51. The van der Waals surface area contributed by atoms with E-state index < -0.39 is 6.23 Å². The smallest absolute Gasteiger partial charge is 0.342 e. The first-order valence-corrected chi connectivity index (χ1v) is 9.47. The fourth-order valence-electron chi connectivity index (χ4n) is 3.65. The lowest BCUT2D eigenvalue weighted by Gasteiger charge is -2.43. The second-order valence-corrected chi connectivity index (χ2v) is 7.34. The van der Waals surface area contributed by atoms with Crippen LogP contribution < -0.4 is 4.90 Å². The molecular formula is C22H14INO2. The Labute approximate surface area is 165 Å². The van der Waals surface area contributed by atoms with E-state index >= 15 is 0 Å². The molecule has 2 heterocycles. The van der Waals surface area contributed by atoms with Gasteiger partial charge in [0.25, 0.3) is 0 Å². The summed E-state index contributed by atoms with van der Waals surface area (Å²) in [7, 11) is 0. The average molecular weight is 451 g/mol. The summed E-state index contributed by atoms with van der Waals surface area (Å²) >= 11 is 2.40. The van der Waals surface area contributed by atoms with Gasteiger partial charge in [0, 0.05) is 9.14 Å². The van der Waals surface area contributed by atoms with Crippen molar-refractivity contribution in [1.82, 2.24) is 0 Å². The van der Waals surface area contributed by atoms with Crippen LogP contribution in [0.25, 0.3) is 9.28 Å².